The van der Waals surface area contributed by atoms with Gasteiger partial charge < -0.3 is 20.8 Å². The molecule has 1 aromatic rings. The van der Waals surface area contributed by atoms with Gasteiger partial charge in [0.05, 0.1) is 11.2 Å². The highest BCUT2D eigenvalue weighted by atomic mass is 16.7. The van der Waals surface area contributed by atoms with Crippen molar-refractivity contribution in [3.05, 3.63) is 28.3 Å². The predicted molar refractivity (Wildman–Crippen MR) is 88.0 cm³/mol. The monoisotopic (exact) mass is 290 g/mol. The first-order valence-electron chi connectivity index (χ1n) is 7.52. The van der Waals surface area contributed by atoms with Crippen LogP contribution in [0.25, 0.3) is 0 Å². The maximum atomic E-state index is 6.11. The van der Waals surface area contributed by atoms with Crippen molar-refractivity contribution in [2.75, 3.05) is 5.73 Å². The van der Waals surface area contributed by atoms with Gasteiger partial charge in [0, 0.05) is 18.6 Å². The third-order valence-electron chi connectivity index (χ3n) is 5.04. The molecule has 1 saturated heterocycles. The summed E-state index contributed by atoms with van der Waals surface area (Å²) in [5, 5.41) is 0. The standard InChI is InChI=1S/C16H27BN2O2/c1-10-12(9-18)7-14(19)11(2)13(10)8-17-20-15(3,4)16(5,6)21-17/h7H,8-9,18-19H2,1-6H3. The lowest BCUT2D eigenvalue weighted by molar-refractivity contribution is 0.00578. The summed E-state index contributed by atoms with van der Waals surface area (Å²) in [5.74, 6) is 0. The molecule has 116 valence electrons. The van der Waals surface area contributed by atoms with Gasteiger partial charge in [-0.1, -0.05) is 0 Å². The lowest BCUT2D eigenvalue weighted by Gasteiger charge is -2.32. The summed E-state index contributed by atoms with van der Waals surface area (Å²) in [5.41, 5.74) is 16.7. The quantitative estimate of drug-likeness (QED) is 0.663. The summed E-state index contributed by atoms with van der Waals surface area (Å²) < 4.78 is 12.2. The summed E-state index contributed by atoms with van der Waals surface area (Å²) in [6.45, 7) is 12.9. The zero-order valence-electron chi connectivity index (χ0n) is 14.0. The van der Waals surface area contributed by atoms with Crippen LogP contribution in [-0.4, -0.2) is 18.3 Å². The van der Waals surface area contributed by atoms with E-state index in [0.717, 1.165) is 16.8 Å². The first-order valence-corrected chi connectivity index (χ1v) is 7.52. The zero-order valence-corrected chi connectivity index (χ0v) is 14.0. The molecule has 0 aliphatic carbocycles. The highest BCUT2D eigenvalue weighted by Crippen LogP contribution is 2.38. The van der Waals surface area contributed by atoms with Gasteiger partial charge in [-0.25, -0.2) is 0 Å². The molecule has 1 aliphatic heterocycles. The van der Waals surface area contributed by atoms with Crippen LogP contribution in [0.4, 0.5) is 5.69 Å². The third kappa shape index (κ3) is 2.82. The number of nitrogen functional groups attached to an aromatic ring is 1. The van der Waals surface area contributed by atoms with Crippen LogP contribution >= 0.6 is 0 Å². The van der Waals surface area contributed by atoms with E-state index < -0.39 is 0 Å². The number of nitrogens with two attached hydrogens (primary N) is 2. The smallest absolute Gasteiger partial charge is 0.403 e. The molecule has 0 radical (unpaired) electrons. The first kappa shape index (κ1) is 16.3. The first-order chi connectivity index (χ1) is 9.59. The van der Waals surface area contributed by atoms with E-state index in [9.17, 15) is 0 Å². The molecule has 0 atom stereocenters. The second kappa shape index (κ2) is 5.31. The van der Waals surface area contributed by atoms with E-state index in [1.54, 1.807) is 0 Å². The van der Waals surface area contributed by atoms with Gasteiger partial charge in [-0.05, 0) is 69.9 Å². The molecule has 4 N–H and O–H groups in total. The number of hydrogen-bond acceptors (Lipinski definition) is 4. The van der Waals surface area contributed by atoms with E-state index in [1.807, 2.05) is 13.0 Å². The van der Waals surface area contributed by atoms with Crippen molar-refractivity contribution in [2.24, 2.45) is 5.73 Å². The van der Waals surface area contributed by atoms with E-state index in [-0.39, 0.29) is 18.3 Å². The minimum atomic E-state index is -0.309. The van der Waals surface area contributed by atoms with E-state index in [1.165, 1.54) is 11.1 Å². The molecule has 0 saturated carbocycles. The Bertz CT molecular complexity index is 540. The summed E-state index contributed by atoms with van der Waals surface area (Å²) in [6, 6.07) is 1.97. The molecular formula is C16H27BN2O2. The van der Waals surface area contributed by atoms with E-state index in [4.69, 9.17) is 20.8 Å². The number of rotatable bonds is 3. The summed E-state index contributed by atoms with van der Waals surface area (Å²) >= 11 is 0. The fourth-order valence-electron chi connectivity index (χ4n) is 2.79. The van der Waals surface area contributed by atoms with Crippen LogP contribution in [0.5, 0.6) is 0 Å². The molecule has 4 nitrogen and oxygen atoms in total. The molecule has 0 aromatic heterocycles. The van der Waals surface area contributed by atoms with E-state index in [0.29, 0.717) is 12.9 Å². The highest BCUT2D eigenvalue weighted by molar-refractivity contribution is 6.45. The van der Waals surface area contributed by atoms with Crippen LogP contribution in [0.2, 0.25) is 0 Å². The number of anilines is 1. The van der Waals surface area contributed by atoms with Crippen molar-refractivity contribution in [3.63, 3.8) is 0 Å². The Labute approximate surface area is 128 Å². The van der Waals surface area contributed by atoms with E-state index in [2.05, 4.69) is 34.6 Å². The van der Waals surface area contributed by atoms with Crippen molar-refractivity contribution in [1.29, 1.82) is 0 Å². The van der Waals surface area contributed by atoms with Crippen molar-refractivity contribution in [3.8, 4) is 0 Å². The Hall–Kier alpha value is -1.04. The second-order valence-electron chi connectivity index (χ2n) is 6.95. The van der Waals surface area contributed by atoms with Gasteiger partial charge in [-0.3, -0.25) is 0 Å². The Morgan fingerprint density at radius 2 is 1.57 bits per heavy atom. The number of benzene rings is 1. The van der Waals surface area contributed by atoms with Crippen molar-refractivity contribution < 1.29 is 9.31 Å². The molecule has 0 unspecified atom stereocenters. The van der Waals surface area contributed by atoms with Crippen LogP contribution in [-0.2, 0) is 22.2 Å². The SMILES string of the molecule is Cc1c(N)cc(CN)c(C)c1CB1OC(C)(C)C(C)(C)O1. The van der Waals surface area contributed by atoms with Gasteiger partial charge in [0.15, 0.2) is 0 Å². The molecule has 2 rings (SSSR count). The largest absolute Gasteiger partial charge is 0.462 e. The van der Waals surface area contributed by atoms with Crippen LogP contribution in [0.3, 0.4) is 0 Å². The minimum Gasteiger partial charge on any atom is -0.403 e. The summed E-state index contributed by atoms with van der Waals surface area (Å²) in [6.07, 6.45) is 0.697. The van der Waals surface area contributed by atoms with Crippen LogP contribution in [0, 0.1) is 13.8 Å². The normalized spacial score (nSPS) is 20.0. The molecule has 1 aromatic carbocycles. The van der Waals surface area contributed by atoms with Gasteiger partial charge in [0.25, 0.3) is 0 Å². The Morgan fingerprint density at radius 1 is 1.05 bits per heavy atom. The molecular weight excluding hydrogens is 263 g/mol. The second-order valence-corrected chi connectivity index (χ2v) is 6.95. The predicted octanol–water partition coefficient (Wildman–Crippen LogP) is 2.52. The lowest BCUT2D eigenvalue weighted by Crippen LogP contribution is -2.41. The molecule has 0 amide bonds. The summed E-state index contributed by atoms with van der Waals surface area (Å²) in [4.78, 5) is 0. The highest BCUT2D eigenvalue weighted by Gasteiger charge is 2.51. The van der Waals surface area contributed by atoms with Crippen LogP contribution in [0.15, 0.2) is 6.07 Å². The topological polar surface area (TPSA) is 70.5 Å². The van der Waals surface area contributed by atoms with E-state index >= 15 is 0 Å². The van der Waals surface area contributed by atoms with Crippen molar-refractivity contribution in [2.45, 2.75) is 65.6 Å². The van der Waals surface area contributed by atoms with Crippen LogP contribution in [0.1, 0.15) is 49.9 Å². The average Bonchev–Trinajstić information content (AvgIpc) is 2.57. The summed E-state index contributed by atoms with van der Waals surface area (Å²) in [7, 11) is -0.250. The molecule has 21 heavy (non-hydrogen) atoms. The van der Waals surface area contributed by atoms with Gasteiger partial charge in [-0.15, -0.1) is 0 Å². The van der Waals surface area contributed by atoms with Crippen molar-refractivity contribution >= 4 is 12.8 Å². The van der Waals surface area contributed by atoms with Gasteiger partial charge in [0.1, 0.15) is 0 Å². The minimum absolute atomic E-state index is 0.250. The van der Waals surface area contributed by atoms with Gasteiger partial charge in [0.2, 0.25) is 0 Å². The maximum Gasteiger partial charge on any atom is 0.462 e. The van der Waals surface area contributed by atoms with Gasteiger partial charge >= 0.3 is 7.12 Å². The van der Waals surface area contributed by atoms with Crippen molar-refractivity contribution in [1.82, 2.24) is 0 Å². The Kier molecular flexibility index (Phi) is 4.13. The van der Waals surface area contributed by atoms with Crippen LogP contribution < -0.4 is 11.5 Å². The average molecular weight is 290 g/mol. The molecule has 1 fully saturated rings. The fraction of sp³-hybridized carbons (Fsp3) is 0.625. The zero-order chi connectivity index (χ0) is 16.0. The molecule has 1 heterocycles. The molecule has 0 spiro atoms. The third-order valence-corrected chi connectivity index (χ3v) is 5.04. The Morgan fingerprint density at radius 3 is 2.05 bits per heavy atom. The maximum absolute atomic E-state index is 6.11. The molecule has 1 aliphatic rings. The number of hydrogen-bond donors (Lipinski definition) is 2. The molecule has 5 heteroatoms. The fourth-order valence-corrected chi connectivity index (χ4v) is 2.79. The lowest BCUT2D eigenvalue weighted by atomic mass is 9.76. The Balaban J connectivity index is 2.31. The molecule has 0 bridgehead atoms. The van der Waals surface area contributed by atoms with Gasteiger partial charge in [-0.2, -0.15) is 0 Å².